The smallest absolute Gasteiger partial charge is 0.259 e. The minimum absolute atomic E-state index is 0.0141. The summed E-state index contributed by atoms with van der Waals surface area (Å²) in [6.45, 7) is 2.61. The first-order valence-corrected chi connectivity index (χ1v) is 9.71. The SMILES string of the molecule is Cc1noc2nc(C3CC3)cc(C(=O)N3CCCC[C@H]3c3ccccn3)c12. The number of aromatic nitrogens is 3. The zero-order valence-corrected chi connectivity index (χ0v) is 15.4. The summed E-state index contributed by atoms with van der Waals surface area (Å²) >= 11 is 0. The molecule has 2 aliphatic rings. The van der Waals surface area contributed by atoms with Gasteiger partial charge in [0.05, 0.1) is 28.4 Å². The second-order valence-electron chi connectivity index (χ2n) is 7.58. The minimum atomic E-state index is 0.0141. The zero-order chi connectivity index (χ0) is 18.4. The summed E-state index contributed by atoms with van der Waals surface area (Å²) in [5.74, 6) is 0.477. The average molecular weight is 362 g/mol. The molecule has 1 saturated heterocycles. The molecule has 0 bridgehead atoms. The van der Waals surface area contributed by atoms with Gasteiger partial charge in [0.1, 0.15) is 0 Å². The number of carbonyl (C=O) groups excluding carboxylic acids is 1. The molecular formula is C21H22N4O2. The summed E-state index contributed by atoms with van der Waals surface area (Å²) in [5.41, 5.74) is 3.78. The van der Waals surface area contributed by atoms with E-state index in [1.807, 2.05) is 36.1 Å². The van der Waals surface area contributed by atoms with Gasteiger partial charge in [0.15, 0.2) is 0 Å². The molecule has 4 heterocycles. The van der Waals surface area contributed by atoms with Crippen LogP contribution in [-0.2, 0) is 0 Å². The van der Waals surface area contributed by atoms with Crippen LogP contribution in [0.15, 0.2) is 35.0 Å². The molecule has 6 heteroatoms. The van der Waals surface area contributed by atoms with E-state index in [0.717, 1.165) is 61.1 Å². The molecule has 1 aliphatic heterocycles. The predicted molar refractivity (Wildman–Crippen MR) is 100 cm³/mol. The van der Waals surface area contributed by atoms with E-state index >= 15 is 0 Å². The van der Waals surface area contributed by atoms with E-state index in [4.69, 9.17) is 4.52 Å². The molecular weight excluding hydrogens is 340 g/mol. The second kappa shape index (κ2) is 6.44. The summed E-state index contributed by atoms with van der Waals surface area (Å²) < 4.78 is 5.41. The highest BCUT2D eigenvalue weighted by molar-refractivity contribution is 6.06. The fourth-order valence-electron chi connectivity index (χ4n) is 4.08. The Morgan fingerprint density at radius 2 is 2.07 bits per heavy atom. The Kier molecular flexibility index (Phi) is 3.92. The third-order valence-corrected chi connectivity index (χ3v) is 5.66. The van der Waals surface area contributed by atoms with Gasteiger partial charge in [-0.2, -0.15) is 0 Å². The lowest BCUT2D eigenvalue weighted by Crippen LogP contribution is -2.39. The van der Waals surface area contributed by atoms with Gasteiger partial charge < -0.3 is 9.42 Å². The zero-order valence-electron chi connectivity index (χ0n) is 15.4. The Morgan fingerprint density at radius 1 is 1.19 bits per heavy atom. The van der Waals surface area contributed by atoms with Gasteiger partial charge in [-0.1, -0.05) is 11.2 Å². The van der Waals surface area contributed by atoms with Crippen LogP contribution in [-0.4, -0.2) is 32.5 Å². The quantitative estimate of drug-likeness (QED) is 0.699. The van der Waals surface area contributed by atoms with E-state index in [1.165, 1.54) is 0 Å². The minimum Gasteiger partial charge on any atom is -0.336 e. The van der Waals surface area contributed by atoms with Gasteiger partial charge in [0, 0.05) is 24.4 Å². The van der Waals surface area contributed by atoms with Crippen molar-refractivity contribution in [2.24, 2.45) is 0 Å². The Hall–Kier alpha value is -2.76. The van der Waals surface area contributed by atoms with Crippen LogP contribution < -0.4 is 0 Å². The first kappa shape index (κ1) is 16.4. The molecule has 138 valence electrons. The van der Waals surface area contributed by atoms with Gasteiger partial charge in [-0.15, -0.1) is 0 Å². The third kappa shape index (κ3) is 2.89. The summed E-state index contributed by atoms with van der Waals surface area (Å²) in [6.07, 6.45) is 7.11. The normalized spacial score (nSPS) is 20.2. The van der Waals surface area contributed by atoms with Crippen molar-refractivity contribution in [2.45, 2.75) is 51.0 Å². The van der Waals surface area contributed by atoms with Crippen molar-refractivity contribution in [3.63, 3.8) is 0 Å². The van der Waals surface area contributed by atoms with Crippen molar-refractivity contribution in [2.75, 3.05) is 6.54 Å². The van der Waals surface area contributed by atoms with Crippen LogP contribution in [0.25, 0.3) is 11.1 Å². The van der Waals surface area contributed by atoms with Gasteiger partial charge in [0.2, 0.25) is 0 Å². The second-order valence-corrected chi connectivity index (χ2v) is 7.58. The van der Waals surface area contributed by atoms with Crippen molar-refractivity contribution in [1.82, 2.24) is 20.0 Å². The maximum absolute atomic E-state index is 13.6. The van der Waals surface area contributed by atoms with Crippen molar-refractivity contribution in [3.8, 4) is 0 Å². The lowest BCUT2D eigenvalue weighted by molar-refractivity contribution is 0.0608. The molecule has 6 nitrogen and oxygen atoms in total. The number of nitrogens with zero attached hydrogens (tertiary/aromatic N) is 4. The van der Waals surface area contributed by atoms with E-state index < -0.39 is 0 Å². The monoisotopic (exact) mass is 362 g/mol. The Balaban J connectivity index is 1.59. The van der Waals surface area contributed by atoms with Crippen LogP contribution in [0.2, 0.25) is 0 Å². The predicted octanol–water partition coefficient (Wildman–Crippen LogP) is 4.17. The van der Waals surface area contributed by atoms with Crippen molar-refractivity contribution in [3.05, 3.63) is 53.1 Å². The van der Waals surface area contributed by atoms with Crippen LogP contribution in [0.5, 0.6) is 0 Å². The Bertz CT molecular complexity index is 994. The Labute approximate surface area is 157 Å². The number of likely N-dealkylation sites (tertiary alicyclic amines) is 1. The number of hydrogen-bond acceptors (Lipinski definition) is 5. The number of pyridine rings is 2. The molecule has 5 rings (SSSR count). The van der Waals surface area contributed by atoms with E-state index in [0.29, 0.717) is 17.2 Å². The molecule has 0 spiro atoms. The summed E-state index contributed by atoms with van der Waals surface area (Å²) in [4.78, 5) is 24.7. The van der Waals surface area contributed by atoms with Gasteiger partial charge in [-0.05, 0) is 57.2 Å². The van der Waals surface area contributed by atoms with Gasteiger partial charge in [-0.3, -0.25) is 9.78 Å². The molecule has 2 fully saturated rings. The van der Waals surface area contributed by atoms with E-state index in [9.17, 15) is 4.79 Å². The molecule has 1 saturated carbocycles. The first-order chi connectivity index (χ1) is 13.2. The number of rotatable bonds is 3. The van der Waals surface area contributed by atoms with Crippen LogP contribution in [0, 0.1) is 6.92 Å². The molecule has 1 amide bonds. The molecule has 1 atom stereocenters. The maximum Gasteiger partial charge on any atom is 0.259 e. The van der Waals surface area contributed by atoms with Crippen LogP contribution in [0.3, 0.4) is 0 Å². The van der Waals surface area contributed by atoms with Crippen LogP contribution in [0.4, 0.5) is 0 Å². The van der Waals surface area contributed by atoms with Crippen molar-refractivity contribution in [1.29, 1.82) is 0 Å². The Morgan fingerprint density at radius 3 is 2.85 bits per heavy atom. The molecule has 3 aromatic heterocycles. The molecule has 1 aliphatic carbocycles. The number of amides is 1. The largest absolute Gasteiger partial charge is 0.336 e. The van der Waals surface area contributed by atoms with E-state index in [2.05, 4.69) is 15.1 Å². The van der Waals surface area contributed by atoms with Gasteiger partial charge >= 0.3 is 0 Å². The number of piperidine rings is 1. The number of fused-ring (bicyclic) bond motifs is 1. The summed E-state index contributed by atoms with van der Waals surface area (Å²) in [5, 5.41) is 4.81. The fraction of sp³-hybridized carbons (Fsp3) is 0.429. The average Bonchev–Trinajstić information content (AvgIpc) is 3.51. The van der Waals surface area contributed by atoms with Crippen molar-refractivity contribution < 1.29 is 9.32 Å². The van der Waals surface area contributed by atoms with E-state index in [-0.39, 0.29) is 11.9 Å². The summed E-state index contributed by atoms with van der Waals surface area (Å²) in [7, 11) is 0. The highest BCUT2D eigenvalue weighted by Gasteiger charge is 2.33. The lowest BCUT2D eigenvalue weighted by Gasteiger charge is -2.35. The van der Waals surface area contributed by atoms with Crippen molar-refractivity contribution >= 4 is 17.0 Å². The first-order valence-electron chi connectivity index (χ1n) is 9.71. The molecule has 27 heavy (non-hydrogen) atoms. The summed E-state index contributed by atoms with van der Waals surface area (Å²) in [6, 6.07) is 7.89. The van der Waals surface area contributed by atoms with Crippen LogP contribution in [0.1, 0.15) is 71.5 Å². The maximum atomic E-state index is 13.6. The third-order valence-electron chi connectivity index (χ3n) is 5.66. The molecule has 0 N–H and O–H groups in total. The lowest BCUT2D eigenvalue weighted by atomic mass is 9.97. The van der Waals surface area contributed by atoms with Gasteiger partial charge in [0.25, 0.3) is 11.6 Å². The topological polar surface area (TPSA) is 72.1 Å². The number of carbonyl (C=O) groups is 1. The highest BCUT2D eigenvalue weighted by Crippen LogP contribution is 2.41. The fourth-order valence-corrected chi connectivity index (χ4v) is 4.08. The molecule has 0 aromatic carbocycles. The number of hydrogen-bond donors (Lipinski definition) is 0. The molecule has 0 radical (unpaired) electrons. The standard InChI is InChI=1S/C21H22N4O2/c1-13-19-15(12-17(14-8-9-14)23-20(19)27-24-13)21(26)25-11-5-3-7-18(25)16-6-2-4-10-22-16/h2,4,6,10,12,14,18H,3,5,7-9,11H2,1H3/t18-/m0/s1. The number of aryl methyl sites for hydroxylation is 1. The van der Waals surface area contributed by atoms with E-state index in [1.54, 1.807) is 6.20 Å². The highest BCUT2D eigenvalue weighted by atomic mass is 16.5. The van der Waals surface area contributed by atoms with Gasteiger partial charge in [-0.25, -0.2) is 4.98 Å². The molecule has 0 unspecified atom stereocenters. The van der Waals surface area contributed by atoms with Crippen LogP contribution >= 0.6 is 0 Å². The molecule has 3 aromatic rings.